The molecule has 0 fully saturated rings. The predicted molar refractivity (Wildman–Crippen MR) is 68.9 cm³/mol. The summed E-state index contributed by atoms with van der Waals surface area (Å²) in [4.78, 5) is 4.64. The SMILES string of the molecule is CCc1ccc(Oc2nc(Cl)c(CO)s2)cc1. The van der Waals surface area contributed by atoms with Crippen molar-refractivity contribution in [3.63, 3.8) is 0 Å². The molecule has 2 rings (SSSR count). The van der Waals surface area contributed by atoms with Crippen LogP contribution < -0.4 is 4.74 Å². The van der Waals surface area contributed by atoms with E-state index in [4.69, 9.17) is 21.4 Å². The molecular formula is C12H12ClNO2S. The first-order chi connectivity index (χ1) is 8.22. The molecule has 90 valence electrons. The maximum Gasteiger partial charge on any atom is 0.280 e. The van der Waals surface area contributed by atoms with Crippen LogP contribution in [-0.2, 0) is 13.0 Å². The fraction of sp³-hybridized carbons (Fsp3) is 0.250. The third-order valence-electron chi connectivity index (χ3n) is 2.31. The summed E-state index contributed by atoms with van der Waals surface area (Å²) in [6, 6.07) is 7.81. The molecule has 0 saturated heterocycles. The highest BCUT2D eigenvalue weighted by molar-refractivity contribution is 7.13. The van der Waals surface area contributed by atoms with Crippen LogP contribution >= 0.6 is 22.9 Å². The van der Waals surface area contributed by atoms with Crippen LogP contribution in [0.4, 0.5) is 0 Å². The van der Waals surface area contributed by atoms with E-state index in [1.807, 2.05) is 24.3 Å². The molecule has 2 aromatic rings. The van der Waals surface area contributed by atoms with Gasteiger partial charge in [0.15, 0.2) is 0 Å². The number of hydrogen-bond donors (Lipinski definition) is 1. The van der Waals surface area contributed by atoms with E-state index in [0.29, 0.717) is 15.2 Å². The number of hydrogen-bond acceptors (Lipinski definition) is 4. The second kappa shape index (κ2) is 5.49. The van der Waals surface area contributed by atoms with E-state index in [2.05, 4.69) is 11.9 Å². The summed E-state index contributed by atoms with van der Waals surface area (Å²) in [6.07, 6.45) is 0.998. The first-order valence-corrected chi connectivity index (χ1v) is 6.45. The van der Waals surface area contributed by atoms with Crippen molar-refractivity contribution in [2.45, 2.75) is 20.0 Å². The average molecular weight is 270 g/mol. The minimum absolute atomic E-state index is 0.116. The molecule has 0 amide bonds. The Morgan fingerprint density at radius 3 is 2.59 bits per heavy atom. The molecule has 0 aliphatic rings. The molecule has 0 radical (unpaired) electrons. The van der Waals surface area contributed by atoms with E-state index in [1.54, 1.807) is 0 Å². The number of halogens is 1. The number of aliphatic hydroxyl groups excluding tert-OH is 1. The Morgan fingerprint density at radius 2 is 2.06 bits per heavy atom. The molecule has 3 nitrogen and oxygen atoms in total. The zero-order valence-corrected chi connectivity index (χ0v) is 10.9. The summed E-state index contributed by atoms with van der Waals surface area (Å²) >= 11 is 7.07. The van der Waals surface area contributed by atoms with E-state index in [-0.39, 0.29) is 6.61 Å². The van der Waals surface area contributed by atoms with Crippen LogP contribution in [0.25, 0.3) is 0 Å². The number of rotatable bonds is 4. The lowest BCUT2D eigenvalue weighted by molar-refractivity contribution is 0.285. The molecule has 17 heavy (non-hydrogen) atoms. The Labute approximate surface area is 109 Å². The molecule has 1 N–H and O–H groups in total. The lowest BCUT2D eigenvalue weighted by Crippen LogP contribution is -1.84. The van der Waals surface area contributed by atoms with Crippen LogP contribution in [0.1, 0.15) is 17.4 Å². The molecule has 1 aromatic heterocycles. The van der Waals surface area contributed by atoms with Crippen LogP contribution in [0.3, 0.4) is 0 Å². The minimum Gasteiger partial charge on any atom is -0.431 e. The monoisotopic (exact) mass is 269 g/mol. The van der Waals surface area contributed by atoms with Gasteiger partial charge in [-0.15, -0.1) is 0 Å². The number of aromatic nitrogens is 1. The second-order valence-corrected chi connectivity index (χ2v) is 4.86. The predicted octanol–water partition coefficient (Wildman–Crippen LogP) is 3.64. The standard InChI is InChI=1S/C12H12ClNO2S/c1-2-8-3-5-9(6-4-8)16-12-14-11(13)10(7-15)17-12/h3-6,15H,2,7H2,1H3. The van der Waals surface area contributed by atoms with Crippen molar-refractivity contribution >= 4 is 22.9 Å². The molecule has 0 atom stereocenters. The van der Waals surface area contributed by atoms with Gasteiger partial charge in [0.25, 0.3) is 5.19 Å². The molecule has 0 saturated carbocycles. The molecule has 0 bridgehead atoms. The lowest BCUT2D eigenvalue weighted by Gasteiger charge is -2.02. The summed E-state index contributed by atoms with van der Waals surface area (Å²) < 4.78 is 5.55. The summed E-state index contributed by atoms with van der Waals surface area (Å²) in [5.74, 6) is 0.720. The van der Waals surface area contributed by atoms with E-state index >= 15 is 0 Å². The van der Waals surface area contributed by atoms with Crippen molar-refractivity contribution in [2.24, 2.45) is 0 Å². The number of aryl methyl sites for hydroxylation is 1. The van der Waals surface area contributed by atoms with Crippen LogP contribution in [0, 0.1) is 0 Å². The minimum atomic E-state index is -0.116. The van der Waals surface area contributed by atoms with E-state index < -0.39 is 0 Å². The number of benzene rings is 1. The molecule has 1 heterocycles. The lowest BCUT2D eigenvalue weighted by atomic mass is 10.2. The largest absolute Gasteiger partial charge is 0.431 e. The van der Waals surface area contributed by atoms with Crippen molar-refractivity contribution in [1.29, 1.82) is 0 Å². The van der Waals surface area contributed by atoms with Gasteiger partial charge in [0, 0.05) is 0 Å². The summed E-state index contributed by atoms with van der Waals surface area (Å²) in [5, 5.41) is 9.75. The Morgan fingerprint density at radius 1 is 1.35 bits per heavy atom. The molecule has 0 spiro atoms. The maximum absolute atomic E-state index is 9.00. The van der Waals surface area contributed by atoms with Gasteiger partial charge in [-0.3, -0.25) is 0 Å². The Hall–Kier alpha value is -1.10. The summed E-state index contributed by atoms with van der Waals surface area (Å²) in [7, 11) is 0. The third kappa shape index (κ3) is 2.97. The normalized spacial score (nSPS) is 10.5. The quantitative estimate of drug-likeness (QED) is 0.921. The highest BCUT2D eigenvalue weighted by Crippen LogP contribution is 2.31. The van der Waals surface area contributed by atoms with Crippen LogP contribution in [0.15, 0.2) is 24.3 Å². The first-order valence-electron chi connectivity index (χ1n) is 5.25. The zero-order valence-electron chi connectivity index (χ0n) is 9.31. The van der Waals surface area contributed by atoms with Crippen molar-refractivity contribution in [3.8, 4) is 10.9 Å². The number of nitrogens with zero attached hydrogens (tertiary/aromatic N) is 1. The highest BCUT2D eigenvalue weighted by Gasteiger charge is 2.09. The Kier molecular flexibility index (Phi) is 3.99. The third-order valence-corrected chi connectivity index (χ3v) is 3.65. The van der Waals surface area contributed by atoms with Gasteiger partial charge in [-0.05, 0) is 24.1 Å². The van der Waals surface area contributed by atoms with Gasteiger partial charge in [-0.2, -0.15) is 4.98 Å². The molecule has 0 aliphatic carbocycles. The van der Waals surface area contributed by atoms with Crippen LogP contribution in [0.5, 0.6) is 10.9 Å². The fourth-order valence-electron chi connectivity index (χ4n) is 1.35. The van der Waals surface area contributed by atoms with E-state index in [0.717, 1.165) is 12.2 Å². The number of aliphatic hydroxyl groups is 1. The van der Waals surface area contributed by atoms with Crippen LogP contribution in [-0.4, -0.2) is 10.1 Å². The van der Waals surface area contributed by atoms with Crippen molar-refractivity contribution in [3.05, 3.63) is 39.9 Å². The number of thiazole rings is 1. The highest BCUT2D eigenvalue weighted by atomic mass is 35.5. The smallest absolute Gasteiger partial charge is 0.280 e. The van der Waals surface area contributed by atoms with Gasteiger partial charge in [-0.25, -0.2) is 0 Å². The number of ether oxygens (including phenoxy) is 1. The van der Waals surface area contributed by atoms with E-state index in [9.17, 15) is 0 Å². The molecule has 0 aliphatic heterocycles. The van der Waals surface area contributed by atoms with Gasteiger partial charge in [0.2, 0.25) is 0 Å². The van der Waals surface area contributed by atoms with Gasteiger partial charge in [0.05, 0.1) is 11.5 Å². The van der Waals surface area contributed by atoms with Crippen molar-refractivity contribution in [1.82, 2.24) is 4.98 Å². The zero-order chi connectivity index (χ0) is 12.3. The fourth-order valence-corrected chi connectivity index (χ4v) is 2.33. The topological polar surface area (TPSA) is 42.4 Å². The van der Waals surface area contributed by atoms with Gasteiger partial charge in [0.1, 0.15) is 10.9 Å². The molecular weight excluding hydrogens is 258 g/mol. The Bertz CT molecular complexity index is 496. The molecule has 1 aromatic carbocycles. The molecule has 0 unspecified atom stereocenters. The van der Waals surface area contributed by atoms with Gasteiger partial charge < -0.3 is 9.84 Å². The van der Waals surface area contributed by atoms with Crippen molar-refractivity contribution in [2.75, 3.05) is 0 Å². The maximum atomic E-state index is 9.00. The Balaban J connectivity index is 2.13. The van der Waals surface area contributed by atoms with Gasteiger partial charge >= 0.3 is 0 Å². The molecule has 5 heteroatoms. The first kappa shape index (κ1) is 12.4. The van der Waals surface area contributed by atoms with E-state index in [1.165, 1.54) is 16.9 Å². The second-order valence-electron chi connectivity index (χ2n) is 3.45. The van der Waals surface area contributed by atoms with Gasteiger partial charge in [-0.1, -0.05) is 42.0 Å². The summed E-state index contributed by atoms with van der Waals surface area (Å²) in [6.45, 7) is 1.98. The summed E-state index contributed by atoms with van der Waals surface area (Å²) in [5.41, 5.74) is 1.26. The van der Waals surface area contributed by atoms with Crippen LogP contribution in [0.2, 0.25) is 5.15 Å². The van der Waals surface area contributed by atoms with Crippen molar-refractivity contribution < 1.29 is 9.84 Å². The average Bonchev–Trinajstić information content (AvgIpc) is 2.70.